The summed E-state index contributed by atoms with van der Waals surface area (Å²) in [7, 11) is 0. The van der Waals surface area contributed by atoms with Gasteiger partial charge in [0, 0.05) is 45.9 Å². The summed E-state index contributed by atoms with van der Waals surface area (Å²) in [6.45, 7) is 9.76. The van der Waals surface area contributed by atoms with Gasteiger partial charge in [0.1, 0.15) is 5.82 Å². The molecule has 0 amide bonds. The Morgan fingerprint density at radius 2 is 1.80 bits per heavy atom. The summed E-state index contributed by atoms with van der Waals surface area (Å²) in [5.74, 6) is 0.329. The number of aliphatic hydroxyl groups is 1. The molecule has 2 heterocycles. The number of likely N-dealkylation sites (tertiary alicyclic amines) is 1. The van der Waals surface area contributed by atoms with Gasteiger partial charge in [0.05, 0.1) is 17.2 Å². The van der Waals surface area contributed by atoms with E-state index in [0.29, 0.717) is 12.5 Å². The van der Waals surface area contributed by atoms with E-state index in [1.54, 1.807) is 6.07 Å². The van der Waals surface area contributed by atoms with Crippen LogP contribution in [0.5, 0.6) is 0 Å². The summed E-state index contributed by atoms with van der Waals surface area (Å²) < 4.78 is 19.5. The predicted octanol–water partition coefficient (Wildman–Crippen LogP) is 2.63. The van der Waals surface area contributed by atoms with E-state index in [9.17, 15) is 9.50 Å². The average Bonchev–Trinajstić information content (AvgIpc) is 2.91. The average molecular weight is 371 g/mol. The van der Waals surface area contributed by atoms with Crippen LogP contribution < -0.4 is 0 Å². The first-order valence-corrected chi connectivity index (χ1v) is 9.47. The number of benzene rings is 1. The maximum atomic E-state index is 13.6. The Hall–Kier alpha value is -0.720. The van der Waals surface area contributed by atoms with Crippen LogP contribution in [0.2, 0.25) is 5.02 Å². The van der Waals surface area contributed by atoms with E-state index in [4.69, 9.17) is 16.3 Å². The van der Waals surface area contributed by atoms with Gasteiger partial charge in [0.15, 0.2) is 0 Å². The first-order chi connectivity index (χ1) is 11.9. The zero-order valence-corrected chi connectivity index (χ0v) is 15.8. The van der Waals surface area contributed by atoms with Gasteiger partial charge < -0.3 is 9.84 Å². The van der Waals surface area contributed by atoms with Gasteiger partial charge in [0.25, 0.3) is 0 Å². The minimum Gasteiger partial charge on any atom is -0.396 e. The Bertz CT molecular complexity index is 579. The van der Waals surface area contributed by atoms with E-state index in [2.05, 4.69) is 23.6 Å². The Morgan fingerprint density at radius 3 is 2.44 bits per heavy atom. The first-order valence-electron chi connectivity index (χ1n) is 9.09. The lowest BCUT2D eigenvalue weighted by Crippen LogP contribution is -2.48. The van der Waals surface area contributed by atoms with Crippen LogP contribution in [0.25, 0.3) is 0 Å². The fourth-order valence-corrected chi connectivity index (χ4v) is 4.36. The number of nitrogens with zero attached hydrogens (tertiary/aromatic N) is 2. The van der Waals surface area contributed by atoms with Gasteiger partial charge in [-0.15, -0.1) is 0 Å². The topological polar surface area (TPSA) is 35.9 Å². The van der Waals surface area contributed by atoms with Gasteiger partial charge in [-0.1, -0.05) is 17.7 Å². The van der Waals surface area contributed by atoms with Crippen molar-refractivity contribution in [2.45, 2.75) is 32.6 Å². The molecule has 1 aromatic carbocycles. The highest BCUT2D eigenvalue weighted by molar-refractivity contribution is 6.30. The molecule has 3 rings (SSSR count). The van der Waals surface area contributed by atoms with E-state index in [-0.39, 0.29) is 35.6 Å². The Kier molecular flexibility index (Phi) is 6.34. The molecule has 0 unspecified atom stereocenters. The standard InChI is InChI=1S/C19H28ClFN2O2/c1-13-6-22(7-14(2)25-13)9-16-10-23(11-17(16)12-24)8-15-3-4-18(20)19(21)5-15/h3-5,13-14,16-17,24H,6-12H2,1-2H3/t13-,14+,16-,17-/m0/s1. The molecular formula is C19H28ClFN2O2. The highest BCUT2D eigenvalue weighted by atomic mass is 35.5. The van der Waals surface area contributed by atoms with Crippen LogP contribution in [0, 0.1) is 17.7 Å². The van der Waals surface area contributed by atoms with Crippen molar-refractivity contribution in [3.63, 3.8) is 0 Å². The summed E-state index contributed by atoms with van der Waals surface area (Å²) in [6, 6.07) is 4.99. The number of halogens is 2. The molecule has 0 aliphatic carbocycles. The third kappa shape index (κ3) is 4.92. The maximum Gasteiger partial charge on any atom is 0.142 e. The largest absolute Gasteiger partial charge is 0.396 e. The van der Waals surface area contributed by atoms with Gasteiger partial charge in [-0.3, -0.25) is 9.80 Å². The molecule has 4 atom stereocenters. The van der Waals surface area contributed by atoms with Crippen LogP contribution in [0.3, 0.4) is 0 Å². The molecule has 25 heavy (non-hydrogen) atoms. The maximum absolute atomic E-state index is 13.6. The van der Waals surface area contributed by atoms with Crippen LogP contribution in [0.4, 0.5) is 4.39 Å². The van der Waals surface area contributed by atoms with Crippen molar-refractivity contribution in [1.82, 2.24) is 9.80 Å². The summed E-state index contributed by atoms with van der Waals surface area (Å²) in [4.78, 5) is 4.76. The normalized spacial score (nSPS) is 31.6. The lowest BCUT2D eigenvalue weighted by atomic mass is 9.96. The molecule has 2 aliphatic rings. The number of hydrogen-bond acceptors (Lipinski definition) is 4. The Morgan fingerprint density at radius 1 is 1.12 bits per heavy atom. The molecular weight excluding hydrogens is 343 g/mol. The fourth-order valence-electron chi connectivity index (χ4n) is 4.24. The van der Waals surface area contributed by atoms with Crippen molar-refractivity contribution in [2.24, 2.45) is 11.8 Å². The number of rotatable bonds is 5. The van der Waals surface area contributed by atoms with Crippen molar-refractivity contribution in [2.75, 3.05) is 39.3 Å². The zero-order valence-electron chi connectivity index (χ0n) is 15.0. The Balaban J connectivity index is 1.59. The number of ether oxygens (including phenoxy) is 1. The second kappa shape index (κ2) is 8.31. The monoisotopic (exact) mass is 370 g/mol. The molecule has 0 spiro atoms. The summed E-state index contributed by atoms with van der Waals surface area (Å²) in [6.07, 6.45) is 0.511. The molecule has 2 fully saturated rings. The molecule has 0 aromatic heterocycles. The number of hydrogen-bond donors (Lipinski definition) is 1. The molecule has 2 aliphatic heterocycles. The molecule has 140 valence electrons. The molecule has 2 saturated heterocycles. The van der Waals surface area contributed by atoms with Crippen LogP contribution in [-0.4, -0.2) is 66.4 Å². The molecule has 1 aromatic rings. The third-order valence-electron chi connectivity index (χ3n) is 5.26. The third-order valence-corrected chi connectivity index (χ3v) is 5.57. The van der Waals surface area contributed by atoms with Crippen LogP contribution >= 0.6 is 11.6 Å². The van der Waals surface area contributed by atoms with Crippen LogP contribution in [-0.2, 0) is 11.3 Å². The van der Waals surface area contributed by atoms with Crippen molar-refractivity contribution >= 4 is 11.6 Å². The smallest absolute Gasteiger partial charge is 0.142 e. The summed E-state index contributed by atoms with van der Waals surface area (Å²) in [5, 5.41) is 9.95. The van der Waals surface area contributed by atoms with Crippen molar-refractivity contribution in [3.05, 3.63) is 34.6 Å². The minimum atomic E-state index is -0.370. The quantitative estimate of drug-likeness (QED) is 0.864. The predicted molar refractivity (Wildman–Crippen MR) is 97.2 cm³/mol. The molecule has 0 saturated carbocycles. The van der Waals surface area contributed by atoms with E-state index in [1.165, 1.54) is 6.07 Å². The van der Waals surface area contributed by atoms with Crippen LogP contribution in [0.1, 0.15) is 19.4 Å². The fraction of sp³-hybridized carbons (Fsp3) is 0.684. The molecule has 4 nitrogen and oxygen atoms in total. The van der Waals surface area contributed by atoms with Crippen molar-refractivity contribution < 1.29 is 14.2 Å². The van der Waals surface area contributed by atoms with Gasteiger partial charge in [-0.2, -0.15) is 0 Å². The number of aliphatic hydroxyl groups excluding tert-OH is 1. The highest BCUT2D eigenvalue weighted by Gasteiger charge is 2.34. The summed E-state index contributed by atoms with van der Waals surface area (Å²) in [5.41, 5.74) is 0.924. The first kappa shape index (κ1) is 19.1. The van der Waals surface area contributed by atoms with Crippen LogP contribution in [0.15, 0.2) is 18.2 Å². The Labute approximate surface area is 154 Å². The zero-order chi connectivity index (χ0) is 18.0. The van der Waals surface area contributed by atoms with E-state index in [1.807, 2.05) is 6.07 Å². The van der Waals surface area contributed by atoms with E-state index in [0.717, 1.165) is 38.3 Å². The lowest BCUT2D eigenvalue weighted by Gasteiger charge is -2.37. The van der Waals surface area contributed by atoms with Crippen molar-refractivity contribution in [1.29, 1.82) is 0 Å². The summed E-state index contributed by atoms with van der Waals surface area (Å²) >= 11 is 5.76. The van der Waals surface area contributed by atoms with Crippen molar-refractivity contribution in [3.8, 4) is 0 Å². The second-order valence-corrected chi connectivity index (χ2v) is 8.03. The van der Waals surface area contributed by atoms with E-state index < -0.39 is 0 Å². The van der Waals surface area contributed by atoms with Gasteiger partial charge in [-0.05, 0) is 43.4 Å². The molecule has 0 bridgehead atoms. The molecule has 0 radical (unpaired) electrons. The van der Waals surface area contributed by atoms with E-state index >= 15 is 0 Å². The minimum absolute atomic E-state index is 0.159. The highest BCUT2D eigenvalue weighted by Crippen LogP contribution is 2.27. The van der Waals surface area contributed by atoms with Gasteiger partial charge in [-0.25, -0.2) is 4.39 Å². The number of morpholine rings is 1. The lowest BCUT2D eigenvalue weighted by molar-refractivity contribution is -0.0727. The molecule has 1 N–H and O–H groups in total. The second-order valence-electron chi connectivity index (χ2n) is 7.62. The van der Waals surface area contributed by atoms with Gasteiger partial charge >= 0.3 is 0 Å². The molecule has 6 heteroatoms. The van der Waals surface area contributed by atoms with Gasteiger partial charge in [0.2, 0.25) is 0 Å². The SMILES string of the molecule is C[C@@H]1CN(C[C@H]2CN(Cc3ccc(Cl)c(F)c3)C[C@H]2CO)C[C@H](C)O1.